The largest absolute Gasteiger partial charge is 0.363 e. The van der Waals surface area contributed by atoms with Gasteiger partial charge in [0, 0.05) is 16.8 Å². The lowest BCUT2D eigenvalue weighted by Crippen LogP contribution is -2.46. The number of ketones is 2. The highest BCUT2D eigenvalue weighted by Crippen LogP contribution is 2.40. The molecule has 1 aliphatic rings. The minimum Gasteiger partial charge on any atom is -0.363 e. The molecular formula is C21H15NO2. The van der Waals surface area contributed by atoms with Crippen LogP contribution in [0.1, 0.15) is 26.3 Å². The summed E-state index contributed by atoms with van der Waals surface area (Å²) in [6.45, 7) is 0. The monoisotopic (exact) mass is 313 g/mol. The first-order valence-electron chi connectivity index (χ1n) is 7.81. The van der Waals surface area contributed by atoms with Gasteiger partial charge in [0.25, 0.3) is 0 Å². The maximum absolute atomic E-state index is 13.3. The lowest BCUT2D eigenvalue weighted by Gasteiger charge is -2.29. The van der Waals surface area contributed by atoms with E-state index in [1.54, 1.807) is 24.3 Å². The van der Waals surface area contributed by atoms with Crippen molar-refractivity contribution < 1.29 is 9.59 Å². The van der Waals surface area contributed by atoms with Crippen LogP contribution in [-0.2, 0) is 5.54 Å². The van der Waals surface area contributed by atoms with Crippen LogP contribution in [-0.4, -0.2) is 11.6 Å². The molecule has 4 rings (SSSR count). The van der Waals surface area contributed by atoms with Gasteiger partial charge in [-0.15, -0.1) is 0 Å². The summed E-state index contributed by atoms with van der Waals surface area (Å²) >= 11 is 0. The van der Waals surface area contributed by atoms with Gasteiger partial charge in [0.05, 0.1) is 0 Å². The molecule has 24 heavy (non-hydrogen) atoms. The summed E-state index contributed by atoms with van der Waals surface area (Å²) in [7, 11) is 0. The molecule has 0 bridgehead atoms. The number of benzene rings is 3. The normalized spacial score (nSPS) is 15.2. The van der Waals surface area contributed by atoms with E-state index in [4.69, 9.17) is 0 Å². The number of carbonyl (C=O) groups is 2. The molecule has 0 saturated heterocycles. The molecule has 0 aromatic heterocycles. The van der Waals surface area contributed by atoms with Crippen molar-refractivity contribution in [2.24, 2.45) is 0 Å². The Balaban J connectivity index is 1.93. The first kappa shape index (κ1) is 14.4. The molecule has 0 heterocycles. The number of hydrogen-bond donors (Lipinski definition) is 1. The van der Waals surface area contributed by atoms with Gasteiger partial charge in [-0.05, 0) is 17.7 Å². The van der Waals surface area contributed by atoms with Gasteiger partial charge in [-0.2, -0.15) is 0 Å². The molecule has 3 aromatic rings. The Bertz CT molecular complexity index is 882. The molecular weight excluding hydrogens is 298 g/mol. The predicted octanol–water partition coefficient (Wildman–Crippen LogP) is 4.07. The number of nitrogens with one attached hydrogen (secondary N) is 1. The Morgan fingerprint density at radius 2 is 1.04 bits per heavy atom. The molecule has 0 radical (unpaired) electrons. The molecule has 3 nitrogen and oxygen atoms in total. The minimum atomic E-state index is -1.41. The molecule has 0 spiro atoms. The standard InChI is InChI=1S/C21H15NO2/c23-19-17-13-7-8-14-18(17)20(24)21(19,15-9-3-1-4-10-15)22-16-11-5-2-6-12-16/h1-14,22H. The maximum atomic E-state index is 13.3. The summed E-state index contributed by atoms with van der Waals surface area (Å²) in [5.74, 6) is -0.420. The zero-order valence-corrected chi connectivity index (χ0v) is 12.9. The van der Waals surface area contributed by atoms with Crippen LogP contribution in [0, 0.1) is 0 Å². The van der Waals surface area contributed by atoms with Gasteiger partial charge < -0.3 is 5.32 Å². The van der Waals surface area contributed by atoms with E-state index in [1.165, 1.54) is 0 Å². The second kappa shape index (κ2) is 5.46. The number of para-hydroxylation sites is 1. The number of hydrogen-bond acceptors (Lipinski definition) is 3. The third-order valence-corrected chi connectivity index (χ3v) is 4.41. The van der Waals surface area contributed by atoms with Crippen molar-refractivity contribution in [1.29, 1.82) is 0 Å². The van der Waals surface area contributed by atoms with E-state index in [1.807, 2.05) is 60.7 Å². The second-order valence-electron chi connectivity index (χ2n) is 5.81. The van der Waals surface area contributed by atoms with Crippen LogP contribution in [0.25, 0.3) is 0 Å². The Morgan fingerprint density at radius 1 is 0.583 bits per heavy atom. The number of fused-ring (bicyclic) bond motifs is 1. The topological polar surface area (TPSA) is 46.2 Å². The average Bonchev–Trinajstić information content (AvgIpc) is 2.86. The zero-order chi connectivity index (χ0) is 16.6. The summed E-state index contributed by atoms with van der Waals surface area (Å²) in [4.78, 5) is 26.5. The molecule has 0 amide bonds. The first-order valence-corrected chi connectivity index (χ1v) is 7.81. The van der Waals surface area contributed by atoms with E-state index in [-0.39, 0.29) is 11.6 Å². The van der Waals surface area contributed by atoms with Crippen LogP contribution in [0.5, 0.6) is 0 Å². The lowest BCUT2D eigenvalue weighted by atomic mass is 9.84. The highest BCUT2D eigenvalue weighted by molar-refractivity contribution is 6.34. The highest BCUT2D eigenvalue weighted by Gasteiger charge is 2.54. The van der Waals surface area contributed by atoms with Crippen LogP contribution in [0.15, 0.2) is 84.9 Å². The molecule has 0 saturated carbocycles. The second-order valence-corrected chi connectivity index (χ2v) is 5.81. The van der Waals surface area contributed by atoms with E-state index in [2.05, 4.69) is 5.32 Å². The SMILES string of the molecule is O=C1c2ccccc2C(=O)C1(Nc1ccccc1)c1ccccc1. The van der Waals surface area contributed by atoms with Crippen molar-refractivity contribution in [3.05, 3.63) is 102 Å². The summed E-state index contributed by atoms with van der Waals surface area (Å²) < 4.78 is 0. The van der Waals surface area contributed by atoms with Crippen LogP contribution in [0.4, 0.5) is 5.69 Å². The summed E-state index contributed by atoms with van der Waals surface area (Å²) in [6, 6.07) is 25.5. The molecule has 0 fully saturated rings. The number of Topliss-reactive ketones (excluding diaryl/α,β-unsaturated/α-hetero) is 2. The smallest absolute Gasteiger partial charge is 0.201 e. The Labute approximate surface area is 140 Å². The van der Waals surface area contributed by atoms with Crippen molar-refractivity contribution in [2.45, 2.75) is 5.54 Å². The van der Waals surface area contributed by atoms with Gasteiger partial charge in [-0.1, -0.05) is 72.8 Å². The van der Waals surface area contributed by atoms with E-state index in [9.17, 15) is 9.59 Å². The molecule has 3 aromatic carbocycles. The summed E-state index contributed by atoms with van der Waals surface area (Å²) in [5.41, 5.74) is 0.909. The zero-order valence-electron chi connectivity index (χ0n) is 12.9. The molecule has 3 heteroatoms. The number of rotatable bonds is 3. The van der Waals surface area contributed by atoms with E-state index in [0.717, 1.165) is 5.69 Å². The van der Waals surface area contributed by atoms with Gasteiger partial charge in [-0.3, -0.25) is 9.59 Å². The van der Waals surface area contributed by atoms with Crippen molar-refractivity contribution in [3.63, 3.8) is 0 Å². The van der Waals surface area contributed by atoms with Crippen LogP contribution in [0.3, 0.4) is 0 Å². The Kier molecular flexibility index (Phi) is 3.28. The Morgan fingerprint density at radius 3 is 1.58 bits per heavy atom. The van der Waals surface area contributed by atoms with Gasteiger partial charge in [0.15, 0.2) is 5.54 Å². The van der Waals surface area contributed by atoms with Crippen LogP contribution < -0.4 is 5.32 Å². The van der Waals surface area contributed by atoms with Crippen LogP contribution in [0.2, 0.25) is 0 Å². The molecule has 116 valence electrons. The van der Waals surface area contributed by atoms with E-state index in [0.29, 0.717) is 16.7 Å². The third-order valence-electron chi connectivity index (χ3n) is 4.41. The fourth-order valence-corrected chi connectivity index (χ4v) is 3.26. The van der Waals surface area contributed by atoms with E-state index < -0.39 is 5.54 Å². The molecule has 0 atom stereocenters. The molecule has 1 N–H and O–H groups in total. The van der Waals surface area contributed by atoms with Crippen LogP contribution >= 0.6 is 0 Å². The van der Waals surface area contributed by atoms with Crippen molar-refractivity contribution in [2.75, 3.05) is 5.32 Å². The van der Waals surface area contributed by atoms with Crippen molar-refractivity contribution in [1.82, 2.24) is 0 Å². The molecule has 1 aliphatic carbocycles. The molecule has 0 unspecified atom stereocenters. The fourth-order valence-electron chi connectivity index (χ4n) is 3.26. The quantitative estimate of drug-likeness (QED) is 0.741. The first-order chi connectivity index (χ1) is 11.7. The summed E-state index contributed by atoms with van der Waals surface area (Å²) in [5, 5.41) is 3.22. The van der Waals surface area contributed by atoms with Gasteiger partial charge in [0.1, 0.15) is 0 Å². The number of anilines is 1. The van der Waals surface area contributed by atoms with Gasteiger partial charge in [-0.25, -0.2) is 0 Å². The maximum Gasteiger partial charge on any atom is 0.201 e. The van der Waals surface area contributed by atoms with Crippen molar-refractivity contribution in [3.8, 4) is 0 Å². The summed E-state index contributed by atoms with van der Waals surface area (Å²) in [6.07, 6.45) is 0. The Hall–Kier alpha value is -3.20. The van der Waals surface area contributed by atoms with Gasteiger partial charge in [0.2, 0.25) is 11.6 Å². The predicted molar refractivity (Wildman–Crippen MR) is 93.3 cm³/mol. The lowest BCUT2D eigenvalue weighted by molar-refractivity contribution is 0.0819. The van der Waals surface area contributed by atoms with E-state index >= 15 is 0 Å². The molecule has 0 aliphatic heterocycles. The highest BCUT2D eigenvalue weighted by atomic mass is 16.2. The van der Waals surface area contributed by atoms with Crippen molar-refractivity contribution >= 4 is 17.3 Å². The third kappa shape index (κ3) is 1.98. The van der Waals surface area contributed by atoms with Gasteiger partial charge >= 0.3 is 0 Å². The minimum absolute atomic E-state index is 0.210. The number of carbonyl (C=O) groups excluding carboxylic acids is 2. The fraction of sp³-hybridized carbons (Fsp3) is 0.0476. The average molecular weight is 313 g/mol.